The summed E-state index contributed by atoms with van der Waals surface area (Å²) in [6.07, 6.45) is 10.5. The molecule has 0 bridgehead atoms. The van der Waals surface area contributed by atoms with Crippen LogP contribution in [0.15, 0.2) is 24.3 Å². The quantitative estimate of drug-likeness (QED) is 0.469. The molecule has 0 saturated carbocycles. The number of hydrogen-bond donors (Lipinski definition) is 0. The van der Waals surface area contributed by atoms with Crippen molar-refractivity contribution in [1.29, 1.82) is 0 Å². The Bertz CT molecular complexity index is 246. The minimum absolute atomic E-state index is 0.134. The fraction of sp³-hybridized carbons (Fsp3) is 0.583. The lowest BCUT2D eigenvalue weighted by atomic mass is 9.72. The summed E-state index contributed by atoms with van der Waals surface area (Å²) >= 11 is 0. The number of carbonyl (C=O) groups is 1. The predicted octanol–water partition coefficient (Wildman–Crippen LogP) is 3.12. The van der Waals surface area contributed by atoms with Gasteiger partial charge in [-0.15, -0.1) is 0 Å². The second-order valence-corrected chi connectivity index (χ2v) is 4.45. The molecule has 1 unspecified atom stereocenters. The minimum atomic E-state index is 0.134. The Kier molecular flexibility index (Phi) is 3.07. The molecule has 0 heterocycles. The fourth-order valence-corrected chi connectivity index (χ4v) is 1.69. The molecule has 0 aromatic heterocycles. The Morgan fingerprint density at radius 1 is 1.54 bits per heavy atom. The zero-order chi connectivity index (χ0) is 9.90. The summed E-state index contributed by atoms with van der Waals surface area (Å²) in [6, 6.07) is 0. The summed E-state index contributed by atoms with van der Waals surface area (Å²) in [5.41, 5.74) is 0.306. The van der Waals surface area contributed by atoms with Gasteiger partial charge in [-0.25, -0.2) is 0 Å². The van der Waals surface area contributed by atoms with Crippen LogP contribution in [-0.2, 0) is 4.79 Å². The molecule has 0 spiro atoms. The maximum Gasteiger partial charge on any atom is 0.152 e. The molecule has 1 atom stereocenters. The van der Waals surface area contributed by atoms with E-state index in [9.17, 15) is 4.79 Å². The van der Waals surface area contributed by atoms with E-state index in [-0.39, 0.29) is 5.78 Å². The van der Waals surface area contributed by atoms with E-state index >= 15 is 0 Å². The number of rotatable bonds is 2. The van der Waals surface area contributed by atoms with Gasteiger partial charge in [0.2, 0.25) is 0 Å². The van der Waals surface area contributed by atoms with Crippen molar-refractivity contribution in [1.82, 2.24) is 0 Å². The van der Waals surface area contributed by atoms with Gasteiger partial charge in [0.05, 0.1) is 0 Å². The number of ketones is 1. The first-order chi connectivity index (χ1) is 6.02. The van der Waals surface area contributed by atoms with Gasteiger partial charge in [-0.2, -0.15) is 0 Å². The zero-order valence-electron chi connectivity index (χ0n) is 8.71. The lowest BCUT2D eigenvalue weighted by Gasteiger charge is -2.33. The van der Waals surface area contributed by atoms with Crippen LogP contribution in [0.5, 0.6) is 0 Å². The van der Waals surface area contributed by atoms with Crippen LogP contribution >= 0.6 is 0 Å². The van der Waals surface area contributed by atoms with Crippen molar-refractivity contribution in [2.24, 2.45) is 11.3 Å². The molecular weight excluding hydrogens is 160 g/mol. The van der Waals surface area contributed by atoms with E-state index in [1.807, 2.05) is 6.08 Å². The van der Waals surface area contributed by atoms with Crippen molar-refractivity contribution >= 4 is 5.78 Å². The summed E-state index contributed by atoms with van der Waals surface area (Å²) in [5.74, 6) is 0.555. The number of hydrogen-bond acceptors (Lipinski definition) is 1. The highest BCUT2D eigenvalue weighted by Gasteiger charge is 2.26. The second kappa shape index (κ2) is 3.91. The first-order valence-electron chi connectivity index (χ1n) is 4.88. The molecule has 72 valence electrons. The highest BCUT2D eigenvalue weighted by Crippen LogP contribution is 2.37. The van der Waals surface area contributed by atoms with Crippen LogP contribution in [0.4, 0.5) is 0 Å². The van der Waals surface area contributed by atoms with Gasteiger partial charge in [0, 0.05) is 5.92 Å². The molecule has 0 N–H and O–H groups in total. The van der Waals surface area contributed by atoms with E-state index in [1.165, 1.54) is 6.42 Å². The third-order valence-electron chi connectivity index (χ3n) is 2.74. The topological polar surface area (TPSA) is 17.1 Å². The summed E-state index contributed by atoms with van der Waals surface area (Å²) in [4.78, 5) is 10.8. The smallest absolute Gasteiger partial charge is 0.152 e. The lowest BCUT2D eigenvalue weighted by Crippen LogP contribution is -2.23. The molecule has 0 saturated heterocycles. The highest BCUT2D eigenvalue weighted by molar-refractivity contribution is 5.87. The van der Waals surface area contributed by atoms with E-state index in [2.05, 4.69) is 26.0 Å². The molecule has 0 fully saturated rings. The monoisotopic (exact) mass is 178 g/mol. The molecule has 0 aliphatic heterocycles. The molecule has 13 heavy (non-hydrogen) atoms. The van der Waals surface area contributed by atoms with Crippen molar-refractivity contribution in [2.75, 3.05) is 0 Å². The highest BCUT2D eigenvalue weighted by atomic mass is 16.1. The Morgan fingerprint density at radius 3 is 2.77 bits per heavy atom. The fourth-order valence-electron chi connectivity index (χ4n) is 1.69. The molecule has 1 heteroatoms. The van der Waals surface area contributed by atoms with Crippen LogP contribution in [0.1, 0.15) is 33.6 Å². The Hall–Kier alpha value is -0.850. The summed E-state index contributed by atoms with van der Waals surface area (Å²) in [7, 11) is 0. The normalized spacial score (nSPS) is 26.5. The zero-order valence-corrected chi connectivity index (χ0v) is 8.71. The molecule has 0 aromatic carbocycles. The molecule has 0 radical (unpaired) electrons. The number of carbonyl (C=O) groups excluding carboxylic acids is 1. The third-order valence-corrected chi connectivity index (χ3v) is 2.74. The third kappa shape index (κ3) is 2.83. The van der Waals surface area contributed by atoms with E-state index in [1.54, 1.807) is 13.0 Å². The Balaban J connectivity index is 2.71. The van der Waals surface area contributed by atoms with Crippen LogP contribution in [0.25, 0.3) is 0 Å². The average Bonchev–Trinajstić information content (AvgIpc) is 2.01. The predicted molar refractivity (Wildman–Crippen MR) is 55.5 cm³/mol. The molecule has 0 amide bonds. The van der Waals surface area contributed by atoms with Gasteiger partial charge in [0.15, 0.2) is 5.78 Å². The van der Waals surface area contributed by atoms with Crippen LogP contribution in [0.3, 0.4) is 0 Å². The van der Waals surface area contributed by atoms with Gasteiger partial charge in [-0.1, -0.05) is 32.1 Å². The van der Waals surface area contributed by atoms with Crippen LogP contribution in [-0.4, -0.2) is 5.78 Å². The Labute approximate surface area is 80.5 Å². The number of allylic oxidation sites excluding steroid dienone is 4. The van der Waals surface area contributed by atoms with Crippen molar-refractivity contribution < 1.29 is 4.79 Å². The summed E-state index contributed by atoms with van der Waals surface area (Å²) in [5, 5.41) is 0. The molecule has 0 aromatic rings. The molecule has 1 aliphatic rings. The Morgan fingerprint density at radius 2 is 2.23 bits per heavy atom. The summed E-state index contributed by atoms with van der Waals surface area (Å²) < 4.78 is 0. The maximum atomic E-state index is 10.8. The van der Waals surface area contributed by atoms with Gasteiger partial charge in [-0.05, 0) is 31.3 Å². The van der Waals surface area contributed by atoms with E-state index in [0.29, 0.717) is 11.3 Å². The van der Waals surface area contributed by atoms with Gasteiger partial charge in [0.1, 0.15) is 0 Å². The molecule has 1 aliphatic carbocycles. The van der Waals surface area contributed by atoms with Gasteiger partial charge >= 0.3 is 0 Å². The SMILES string of the molecule is CC(=O)/C=C/C1C=CCCC1(C)C. The van der Waals surface area contributed by atoms with Gasteiger partial charge < -0.3 is 0 Å². The van der Waals surface area contributed by atoms with Crippen LogP contribution in [0.2, 0.25) is 0 Å². The van der Waals surface area contributed by atoms with Crippen molar-refractivity contribution in [3.05, 3.63) is 24.3 Å². The second-order valence-electron chi connectivity index (χ2n) is 4.45. The van der Waals surface area contributed by atoms with Crippen LogP contribution in [0, 0.1) is 11.3 Å². The largest absolute Gasteiger partial charge is 0.295 e. The first kappa shape index (κ1) is 10.2. The minimum Gasteiger partial charge on any atom is -0.295 e. The van der Waals surface area contributed by atoms with E-state index in [0.717, 1.165) is 6.42 Å². The summed E-state index contributed by atoms with van der Waals surface area (Å²) in [6.45, 7) is 6.10. The lowest BCUT2D eigenvalue weighted by molar-refractivity contribution is -0.112. The van der Waals surface area contributed by atoms with Crippen molar-refractivity contribution in [3.8, 4) is 0 Å². The first-order valence-corrected chi connectivity index (χ1v) is 4.88. The molecule has 1 nitrogen and oxygen atoms in total. The van der Waals surface area contributed by atoms with Crippen molar-refractivity contribution in [3.63, 3.8) is 0 Å². The van der Waals surface area contributed by atoms with Gasteiger partial charge in [0.25, 0.3) is 0 Å². The van der Waals surface area contributed by atoms with Gasteiger partial charge in [-0.3, -0.25) is 4.79 Å². The standard InChI is InChI=1S/C12H18O/c1-10(13)7-8-11-6-4-5-9-12(11,2)3/h4,6-8,11H,5,9H2,1-3H3/b8-7+. The van der Waals surface area contributed by atoms with E-state index in [4.69, 9.17) is 0 Å². The maximum absolute atomic E-state index is 10.8. The van der Waals surface area contributed by atoms with Crippen molar-refractivity contribution in [2.45, 2.75) is 33.6 Å². The molecule has 1 rings (SSSR count). The average molecular weight is 178 g/mol. The van der Waals surface area contributed by atoms with E-state index < -0.39 is 0 Å². The molecular formula is C12H18O. The van der Waals surface area contributed by atoms with Crippen LogP contribution < -0.4 is 0 Å².